The van der Waals surface area contributed by atoms with Gasteiger partial charge in [0.25, 0.3) is 0 Å². The number of rotatable bonds is 2. The van der Waals surface area contributed by atoms with Gasteiger partial charge in [-0.05, 0) is 6.92 Å². The number of nitrogens with zero attached hydrogens (tertiary/aromatic N) is 3. The van der Waals surface area contributed by atoms with Crippen LogP contribution in [0.15, 0.2) is 12.4 Å². The second-order valence-corrected chi connectivity index (χ2v) is 4.94. The van der Waals surface area contributed by atoms with Gasteiger partial charge in [0.05, 0.1) is 12.4 Å². The molecule has 0 unspecified atom stereocenters. The number of aromatic nitrogens is 2. The van der Waals surface area contributed by atoms with E-state index in [2.05, 4.69) is 14.9 Å². The third-order valence-corrected chi connectivity index (χ3v) is 3.29. The molecule has 1 aliphatic heterocycles. The lowest BCUT2D eigenvalue weighted by molar-refractivity contribution is 0.0126. The number of hydrogen-bond acceptors (Lipinski definition) is 5. The Hall–Kier alpha value is -1.56. The van der Waals surface area contributed by atoms with Crippen LogP contribution in [0, 0.1) is 0 Å². The lowest BCUT2D eigenvalue weighted by Crippen LogP contribution is -2.46. The Morgan fingerprint density at radius 3 is 2.61 bits per heavy atom. The SMILES string of the molecule is CC1(OC(N)=O)CCN(c2cnc(Cl)cn2)CC1. The lowest BCUT2D eigenvalue weighted by Gasteiger charge is -2.38. The molecular formula is C11H15ClN4O2. The number of hydrogen-bond donors (Lipinski definition) is 1. The van der Waals surface area contributed by atoms with Crippen LogP contribution in [0.5, 0.6) is 0 Å². The minimum Gasteiger partial charge on any atom is -0.443 e. The van der Waals surface area contributed by atoms with Gasteiger partial charge in [0.1, 0.15) is 16.6 Å². The molecule has 0 aliphatic carbocycles. The van der Waals surface area contributed by atoms with Crippen LogP contribution in [-0.4, -0.2) is 34.8 Å². The first-order valence-electron chi connectivity index (χ1n) is 5.69. The normalized spacial score (nSPS) is 18.4. The third kappa shape index (κ3) is 3.01. The summed E-state index contributed by atoms with van der Waals surface area (Å²) in [5, 5.41) is 0.373. The first-order valence-corrected chi connectivity index (χ1v) is 6.07. The molecule has 1 aromatic rings. The molecule has 1 fully saturated rings. The molecule has 2 N–H and O–H groups in total. The number of piperidine rings is 1. The van der Waals surface area contributed by atoms with E-state index in [9.17, 15) is 4.79 Å². The van der Waals surface area contributed by atoms with Crippen molar-refractivity contribution < 1.29 is 9.53 Å². The van der Waals surface area contributed by atoms with Gasteiger partial charge in [0.15, 0.2) is 0 Å². The lowest BCUT2D eigenvalue weighted by atomic mass is 9.93. The molecule has 0 radical (unpaired) electrons. The summed E-state index contributed by atoms with van der Waals surface area (Å²) in [6.45, 7) is 3.36. The van der Waals surface area contributed by atoms with Crippen molar-refractivity contribution in [3.63, 3.8) is 0 Å². The van der Waals surface area contributed by atoms with Gasteiger partial charge in [-0.25, -0.2) is 14.8 Å². The fourth-order valence-electron chi connectivity index (χ4n) is 2.02. The molecule has 2 heterocycles. The Morgan fingerprint density at radius 1 is 1.44 bits per heavy atom. The minimum absolute atomic E-state index is 0.373. The standard InChI is InChI=1S/C11H15ClN4O2/c1-11(18-10(13)17)2-4-16(5-3-11)9-7-14-8(12)6-15-9/h6-7H,2-5H2,1H3,(H2,13,17). The minimum atomic E-state index is -0.725. The second kappa shape index (κ2) is 4.97. The van der Waals surface area contributed by atoms with E-state index in [-0.39, 0.29) is 0 Å². The molecule has 18 heavy (non-hydrogen) atoms. The van der Waals surface area contributed by atoms with Gasteiger partial charge >= 0.3 is 6.09 Å². The summed E-state index contributed by atoms with van der Waals surface area (Å²) in [7, 11) is 0. The van der Waals surface area contributed by atoms with Crippen molar-refractivity contribution in [2.75, 3.05) is 18.0 Å². The van der Waals surface area contributed by atoms with Crippen molar-refractivity contribution in [3.8, 4) is 0 Å². The van der Waals surface area contributed by atoms with Gasteiger partial charge in [-0.2, -0.15) is 0 Å². The van der Waals surface area contributed by atoms with E-state index in [0.29, 0.717) is 18.0 Å². The number of carbonyl (C=O) groups is 1. The van der Waals surface area contributed by atoms with E-state index in [1.165, 1.54) is 6.20 Å². The fourth-order valence-corrected chi connectivity index (χ4v) is 2.12. The van der Waals surface area contributed by atoms with Crippen LogP contribution in [-0.2, 0) is 4.74 Å². The van der Waals surface area contributed by atoms with E-state index >= 15 is 0 Å². The van der Waals surface area contributed by atoms with E-state index < -0.39 is 11.7 Å². The van der Waals surface area contributed by atoms with Crippen LogP contribution in [0.4, 0.5) is 10.6 Å². The van der Waals surface area contributed by atoms with Gasteiger partial charge in [-0.1, -0.05) is 11.6 Å². The van der Waals surface area contributed by atoms with Gasteiger partial charge in [-0.3, -0.25) is 0 Å². The highest BCUT2D eigenvalue weighted by molar-refractivity contribution is 6.29. The molecule has 1 amide bonds. The highest BCUT2D eigenvalue weighted by Gasteiger charge is 2.33. The zero-order valence-corrected chi connectivity index (χ0v) is 10.9. The molecule has 1 aromatic heterocycles. The van der Waals surface area contributed by atoms with Crippen molar-refractivity contribution in [2.45, 2.75) is 25.4 Å². The van der Waals surface area contributed by atoms with E-state index in [1.807, 2.05) is 6.92 Å². The highest BCUT2D eigenvalue weighted by Crippen LogP contribution is 2.27. The average Bonchev–Trinajstić information content (AvgIpc) is 2.30. The summed E-state index contributed by atoms with van der Waals surface area (Å²) >= 11 is 5.69. The molecule has 2 rings (SSSR count). The van der Waals surface area contributed by atoms with Crippen LogP contribution in [0.3, 0.4) is 0 Å². The van der Waals surface area contributed by atoms with Crippen LogP contribution < -0.4 is 10.6 Å². The summed E-state index contributed by atoms with van der Waals surface area (Å²) in [4.78, 5) is 21.1. The molecule has 1 saturated heterocycles. The third-order valence-electron chi connectivity index (χ3n) is 3.10. The van der Waals surface area contributed by atoms with Gasteiger partial charge in [0.2, 0.25) is 0 Å². The number of ether oxygens (including phenoxy) is 1. The summed E-state index contributed by atoms with van der Waals surface area (Å²) in [5.74, 6) is 0.778. The maximum atomic E-state index is 10.8. The molecule has 0 atom stereocenters. The molecule has 0 saturated carbocycles. The molecule has 0 bridgehead atoms. The summed E-state index contributed by atoms with van der Waals surface area (Å²) in [5.41, 5.74) is 4.58. The average molecular weight is 271 g/mol. The Kier molecular flexibility index (Phi) is 3.56. The Labute approximate surface area is 110 Å². The predicted molar refractivity (Wildman–Crippen MR) is 67.6 cm³/mol. The number of anilines is 1. The van der Waals surface area contributed by atoms with E-state index in [4.69, 9.17) is 22.1 Å². The molecule has 98 valence electrons. The van der Waals surface area contributed by atoms with Crippen molar-refractivity contribution in [2.24, 2.45) is 5.73 Å². The molecule has 7 heteroatoms. The van der Waals surface area contributed by atoms with Crippen LogP contribution in [0.1, 0.15) is 19.8 Å². The zero-order valence-electron chi connectivity index (χ0n) is 10.1. The fraction of sp³-hybridized carbons (Fsp3) is 0.545. The number of primary amides is 1. The topological polar surface area (TPSA) is 81.3 Å². The monoisotopic (exact) mass is 270 g/mol. The van der Waals surface area contributed by atoms with Gasteiger partial charge < -0.3 is 15.4 Å². The molecule has 6 nitrogen and oxygen atoms in total. The number of nitrogens with two attached hydrogens (primary N) is 1. The predicted octanol–water partition coefficient (Wildman–Crippen LogP) is 1.58. The van der Waals surface area contributed by atoms with Crippen molar-refractivity contribution >= 4 is 23.5 Å². The molecule has 0 aromatic carbocycles. The van der Waals surface area contributed by atoms with Crippen LogP contribution in [0.25, 0.3) is 0 Å². The summed E-state index contributed by atoms with van der Waals surface area (Å²) < 4.78 is 5.14. The quantitative estimate of drug-likeness (QED) is 0.882. The van der Waals surface area contributed by atoms with Crippen LogP contribution in [0.2, 0.25) is 5.15 Å². The number of carbonyl (C=O) groups excluding carboxylic acids is 1. The van der Waals surface area contributed by atoms with Crippen molar-refractivity contribution in [1.82, 2.24) is 9.97 Å². The molecular weight excluding hydrogens is 256 g/mol. The largest absolute Gasteiger partial charge is 0.443 e. The Morgan fingerprint density at radius 2 is 2.11 bits per heavy atom. The maximum absolute atomic E-state index is 10.8. The van der Waals surface area contributed by atoms with Gasteiger partial charge in [-0.15, -0.1) is 0 Å². The molecule has 1 aliphatic rings. The summed E-state index contributed by atoms with van der Waals surface area (Å²) in [6, 6.07) is 0. The summed E-state index contributed by atoms with van der Waals surface area (Å²) in [6.07, 6.45) is 3.85. The Bertz CT molecular complexity index is 429. The first-order chi connectivity index (χ1) is 8.48. The smallest absolute Gasteiger partial charge is 0.405 e. The number of halogens is 1. The zero-order chi connectivity index (χ0) is 13.2. The van der Waals surface area contributed by atoms with Gasteiger partial charge in [0, 0.05) is 25.9 Å². The Balaban J connectivity index is 1.98. The van der Waals surface area contributed by atoms with E-state index in [0.717, 1.165) is 18.9 Å². The second-order valence-electron chi connectivity index (χ2n) is 4.56. The molecule has 0 spiro atoms. The number of amides is 1. The van der Waals surface area contributed by atoms with E-state index in [1.54, 1.807) is 6.20 Å². The first kappa shape index (κ1) is 12.9. The van der Waals surface area contributed by atoms with Crippen molar-refractivity contribution in [3.05, 3.63) is 17.5 Å². The van der Waals surface area contributed by atoms with Crippen LogP contribution >= 0.6 is 11.6 Å². The highest BCUT2D eigenvalue weighted by atomic mass is 35.5. The van der Waals surface area contributed by atoms with Crippen molar-refractivity contribution in [1.29, 1.82) is 0 Å². The maximum Gasteiger partial charge on any atom is 0.405 e.